The van der Waals surface area contributed by atoms with Gasteiger partial charge < -0.3 is 15.3 Å². The third-order valence-electron chi connectivity index (χ3n) is 18.4. The zero-order chi connectivity index (χ0) is 36.8. The molecule has 2 N–H and O–H groups in total. The summed E-state index contributed by atoms with van der Waals surface area (Å²) in [5, 5.41) is 14.2. The van der Waals surface area contributed by atoms with Crippen LogP contribution < -0.4 is 5.32 Å². The highest BCUT2D eigenvalue weighted by atomic mass is 19.1. The first-order valence-corrected chi connectivity index (χ1v) is 21.2. The van der Waals surface area contributed by atoms with Gasteiger partial charge in [-0.25, -0.2) is 4.39 Å². The fourth-order valence-electron chi connectivity index (χ4n) is 15.0. The second kappa shape index (κ2) is 12.8. The van der Waals surface area contributed by atoms with Crippen LogP contribution in [0.5, 0.6) is 0 Å². The third kappa shape index (κ3) is 5.72. The van der Waals surface area contributed by atoms with Crippen LogP contribution in [0.2, 0.25) is 0 Å². The molecule has 0 bridgehead atoms. The van der Waals surface area contributed by atoms with E-state index in [1.54, 1.807) is 0 Å². The molecular weight excluding hydrogens is 632 g/mol. The quantitative estimate of drug-likeness (QED) is 0.247. The molecule has 0 unspecified atom stereocenters. The molecule has 1 aliphatic heterocycles. The predicted molar refractivity (Wildman–Crippen MR) is 208 cm³/mol. The minimum Gasteiger partial charge on any atom is -0.481 e. The molecule has 0 spiro atoms. The third-order valence-corrected chi connectivity index (χ3v) is 18.4. The molecule has 7 rings (SSSR count). The van der Waals surface area contributed by atoms with Gasteiger partial charge in [-0.05, 0) is 178 Å². The summed E-state index contributed by atoms with van der Waals surface area (Å²) in [7, 11) is 0. The summed E-state index contributed by atoms with van der Waals surface area (Å²) in [6.07, 6.45) is 20.3. The SMILES string of the molecule is C=C(C)[C@@H]1CC[C@]2(NCCN3CCC(C)(C)CC3)CC[C@]3(C)[C@H](CC[C@@H]4[C@@]5(C)CC=C(C6=CC[C@@](CF)(C(=O)O)CC6)C(C)(C)[C@@H]5CC[C@]43C)[C@@H]12. The van der Waals surface area contributed by atoms with Gasteiger partial charge >= 0.3 is 5.97 Å². The van der Waals surface area contributed by atoms with E-state index in [1.165, 1.54) is 101 Å². The fourth-order valence-corrected chi connectivity index (χ4v) is 15.0. The monoisotopic (exact) mass is 705 g/mol. The maximum atomic E-state index is 14.0. The highest BCUT2D eigenvalue weighted by Gasteiger charge is 2.70. The van der Waals surface area contributed by atoms with Crippen LogP contribution in [0.3, 0.4) is 0 Å². The molecule has 10 atom stereocenters. The summed E-state index contributed by atoms with van der Waals surface area (Å²) >= 11 is 0. The molecule has 4 saturated carbocycles. The highest BCUT2D eigenvalue weighted by Crippen LogP contribution is 2.76. The molecule has 0 amide bonds. The van der Waals surface area contributed by atoms with E-state index in [-0.39, 0.29) is 16.4 Å². The van der Waals surface area contributed by atoms with E-state index < -0.39 is 18.1 Å². The molecule has 7 aliphatic rings. The van der Waals surface area contributed by atoms with Crippen LogP contribution in [0.25, 0.3) is 0 Å². The number of allylic oxidation sites excluding steroid dienone is 5. The number of aliphatic carboxylic acids is 1. The van der Waals surface area contributed by atoms with Crippen molar-refractivity contribution in [3.8, 4) is 0 Å². The predicted octanol–water partition coefficient (Wildman–Crippen LogP) is 10.8. The summed E-state index contributed by atoms with van der Waals surface area (Å²) in [5.41, 5.74) is 4.56. The molecule has 0 aromatic carbocycles. The van der Waals surface area contributed by atoms with Crippen molar-refractivity contribution in [2.75, 3.05) is 32.9 Å². The Morgan fingerprint density at radius 2 is 1.61 bits per heavy atom. The van der Waals surface area contributed by atoms with E-state index in [9.17, 15) is 14.3 Å². The Hall–Kier alpha value is -1.46. The Kier molecular flexibility index (Phi) is 9.50. The Balaban J connectivity index is 1.13. The van der Waals surface area contributed by atoms with Gasteiger partial charge in [0.25, 0.3) is 0 Å². The van der Waals surface area contributed by atoms with Crippen LogP contribution in [-0.2, 0) is 4.79 Å². The number of fused-ring (bicyclic) bond motifs is 7. The first kappa shape index (κ1) is 37.8. The molecule has 0 aromatic heterocycles. The van der Waals surface area contributed by atoms with Gasteiger partial charge in [0, 0.05) is 18.6 Å². The molecule has 1 heterocycles. The lowest BCUT2D eigenvalue weighted by molar-refractivity contribution is -0.221. The van der Waals surface area contributed by atoms with Gasteiger partial charge in [0.15, 0.2) is 0 Å². The lowest BCUT2D eigenvalue weighted by Crippen LogP contribution is -2.68. The van der Waals surface area contributed by atoms with Crippen molar-refractivity contribution in [2.45, 2.75) is 151 Å². The van der Waals surface area contributed by atoms with Crippen molar-refractivity contribution < 1.29 is 14.3 Å². The molecule has 286 valence electrons. The van der Waals surface area contributed by atoms with E-state index in [0.29, 0.717) is 59.2 Å². The largest absolute Gasteiger partial charge is 0.481 e. The molecular formula is C46H73FN2O2. The minimum atomic E-state index is -1.24. The maximum Gasteiger partial charge on any atom is 0.312 e. The van der Waals surface area contributed by atoms with E-state index in [0.717, 1.165) is 18.9 Å². The number of nitrogens with zero attached hydrogens (tertiary/aromatic N) is 1. The number of piperidine rings is 1. The second-order valence-corrected chi connectivity index (χ2v) is 21.5. The van der Waals surface area contributed by atoms with Crippen molar-refractivity contribution >= 4 is 5.97 Å². The van der Waals surface area contributed by atoms with Crippen LogP contribution in [0.15, 0.2) is 35.5 Å². The Bertz CT molecular complexity index is 1450. The van der Waals surface area contributed by atoms with Gasteiger partial charge in [-0.15, -0.1) is 0 Å². The number of halogens is 1. The first-order chi connectivity index (χ1) is 23.9. The number of carboxylic acids is 1. The number of carbonyl (C=O) groups is 1. The smallest absolute Gasteiger partial charge is 0.312 e. The molecule has 5 fully saturated rings. The number of alkyl halides is 1. The molecule has 5 heteroatoms. The van der Waals surface area contributed by atoms with Crippen LogP contribution in [0.1, 0.15) is 145 Å². The number of hydrogen-bond donors (Lipinski definition) is 2. The van der Waals surface area contributed by atoms with Crippen LogP contribution >= 0.6 is 0 Å². The average Bonchev–Trinajstić information content (AvgIpc) is 3.46. The molecule has 51 heavy (non-hydrogen) atoms. The summed E-state index contributed by atoms with van der Waals surface area (Å²) in [6.45, 7) is 29.0. The van der Waals surface area contributed by atoms with E-state index >= 15 is 0 Å². The second-order valence-electron chi connectivity index (χ2n) is 21.5. The van der Waals surface area contributed by atoms with Crippen molar-refractivity contribution in [2.24, 2.45) is 62.1 Å². The Labute approximate surface area is 310 Å². The lowest BCUT2D eigenvalue weighted by atomic mass is 9.33. The lowest BCUT2D eigenvalue weighted by Gasteiger charge is -2.72. The Morgan fingerprint density at radius 3 is 2.24 bits per heavy atom. The molecule has 6 aliphatic carbocycles. The van der Waals surface area contributed by atoms with E-state index in [4.69, 9.17) is 0 Å². The standard InChI is InChI=1S/C46H73FN2O2/c1-31(2)33-14-21-46(48-26-29-49-27-24-40(3,4)25-28-49)23-22-43(8)35(38(33)46)10-11-37-42(7)17-15-34(41(5,6)36(42)16-18-44(37,43)9)32-12-19-45(30-47,20-13-32)39(50)51/h12,15,33,35-38,48H,1,10-11,13-14,16-30H2,2-9H3,(H,50,51)/t33-,35+,36-,37+,38+,42-,43+,44+,45+,46-/m0/s1. The van der Waals surface area contributed by atoms with Gasteiger partial charge in [-0.3, -0.25) is 4.79 Å². The minimum absolute atomic E-state index is 0.0170. The van der Waals surface area contributed by atoms with Crippen LogP contribution in [-0.4, -0.2) is 54.4 Å². The average molecular weight is 705 g/mol. The van der Waals surface area contributed by atoms with Gasteiger partial charge in [0.2, 0.25) is 0 Å². The summed E-state index contributed by atoms with van der Waals surface area (Å²) in [6, 6.07) is 0. The topological polar surface area (TPSA) is 52.6 Å². The number of likely N-dealkylation sites (tertiary alicyclic amines) is 1. The number of hydrogen-bond acceptors (Lipinski definition) is 3. The van der Waals surface area contributed by atoms with Crippen molar-refractivity contribution in [1.29, 1.82) is 0 Å². The van der Waals surface area contributed by atoms with Crippen LogP contribution in [0.4, 0.5) is 4.39 Å². The van der Waals surface area contributed by atoms with Crippen molar-refractivity contribution in [1.82, 2.24) is 10.2 Å². The molecule has 1 saturated heterocycles. The number of carboxylic acid groups (broad SMARTS) is 1. The van der Waals surface area contributed by atoms with E-state index in [1.807, 2.05) is 0 Å². The van der Waals surface area contributed by atoms with Crippen molar-refractivity contribution in [3.05, 3.63) is 35.5 Å². The molecule has 4 nitrogen and oxygen atoms in total. The Morgan fingerprint density at radius 1 is 0.882 bits per heavy atom. The zero-order valence-corrected chi connectivity index (χ0v) is 33.9. The number of nitrogens with one attached hydrogen (secondary N) is 1. The number of rotatable bonds is 8. The van der Waals surface area contributed by atoms with Crippen molar-refractivity contribution in [3.63, 3.8) is 0 Å². The van der Waals surface area contributed by atoms with Gasteiger partial charge in [-0.2, -0.15) is 0 Å². The maximum absolute atomic E-state index is 14.0. The summed E-state index contributed by atoms with van der Waals surface area (Å²) < 4.78 is 14.0. The van der Waals surface area contributed by atoms with E-state index in [2.05, 4.69) is 84.3 Å². The zero-order valence-electron chi connectivity index (χ0n) is 33.9. The van der Waals surface area contributed by atoms with Gasteiger partial charge in [0.1, 0.15) is 6.67 Å². The van der Waals surface area contributed by atoms with Gasteiger partial charge in [0.05, 0.1) is 5.41 Å². The van der Waals surface area contributed by atoms with Crippen LogP contribution in [0, 0.1) is 62.1 Å². The first-order valence-electron chi connectivity index (χ1n) is 21.2. The molecule has 0 radical (unpaired) electrons. The highest BCUT2D eigenvalue weighted by molar-refractivity contribution is 5.75. The van der Waals surface area contributed by atoms with Gasteiger partial charge in [-0.1, -0.05) is 72.8 Å². The summed E-state index contributed by atoms with van der Waals surface area (Å²) in [4.78, 5) is 14.7. The normalized spacial score (nSPS) is 46.1. The fraction of sp³-hybridized carbons (Fsp3) is 0.848. The summed E-state index contributed by atoms with van der Waals surface area (Å²) in [5.74, 6) is 2.36. The molecule has 0 aromatic rings.